The van der Waals surface area contributed by atoms with Crippen molar-refractivity contribution < 1.29 is 4.74 Å². The largest absolute Gasteiger partial charge is 0.481 e. The van der Waals surface area contributed by atoms with Gasteiger partial charge in [-0.05, 0) is 19.4 Å². The topological polar surface area (TPSA) is 34.2 Å². The maximum Gasteiger partial charge on any atom is 0.214 e. The van der Waals surface area contributed by atoms with Gasteiger partial charge in [0.25, 0.3) is 0 Å². The van der Waals surface area contributed by atoms with Gasteiger partial charge in [0.05, 0.1) is 7.11 Å². The summed E-state index contributed by atoms with van der Waals surface area (Å²) in [5.41, 5.74) is 1.07. The minimum atomic E-state index is 0.493. The molecule has 0 bridgehead atoms. The fraction of sp³-hybridized carbons (Fsp3) is 0.545. The van der Waals surface area contributed by atoms with Crippen LogP contribution in [0.25, 0.3) is 0 Å². The molecule has 0 aliphatic heterocycles. The Balaban J connectivity index is 2.57. The van der Waals surface area contributed by atoms with Crippen LogP contribution in [0.2, 0.25) is 0 Å². The van der Waals surface area contributed by atoms with Gasteiger partial charge < -0.3 is 10.1 Å². The van der Waals surface area contributed by atoms with E-state index in [0.29, 0.717) is 11.9 Å². The first-order chi connectivity index (χ1) is 6.76. The summed E-state index contributed by atoms with van der Waals surface area (Å²) in [5, 5.41) is 3.40. The molecule has 3 nitrogen and oxygen atoms in total. The molecule has 1 heterocycles. The fourth-order valence-electron chi connectivity index (χ4n) is 1.40. The van der Waals surface area contributed by atoms with Gasteiger partial charge in [0.1, 0.15) is 0 Å². The van der Waals surface area contributed by atoms with Gasteiger partial charge in [0, 0.05) is 24.0 Å². The van der Waals surface area contributed by atoms with E-state index in [4.69, 9.17) is 4.74 Å². The van der Waals surface area contributed by atoms with E-state index in [9.17, 15) is 0 Å². The first-order valence-electron chi connectivity index (χ1n) is 5.02. The second-order valence-electron chi connectivity index (χ2n) is 3.42. The lowest BCUT2D eigenvalue weighted by molar-refractivity contribution is 0.398. The predicted molar refractivity (Wildman–Crippen MR) is 58.8 cm³/mol. The Labute approximate surface area is 85.5 Å². The molecular weight excluding hydrogens is 176 g/mol. The molecule has 3 heteroatoms. The Bertz CT molecular complexity index is 276. The molecule has 1 aromatic heterocycles. The summed E-state index contributed by atoms with van der Waals surface area (Å²) in [6.07, 6.45) is 4.11. The second-order valence-corrected chi connectivity index (χ2v) is 3.42. The molecule has 0 aliphatic carbocycles. The normalized spacial score (nSPS) is 12.2. The maximum atomic E-state index is 5.05. The molecule has 14 heavy (non-hydrogen) atoms. The van der Waals surface area contributed by atoms with Gasteiger partial charge in [0.2, 0.25) is 5.88 Å². The van der Waals surface area contributed by atoms with Gasteiger partial charge in [-0.2, -0.15) is 0 Å². The van der Waals surface area contributed by atoms with Crippen molar-refractivity contribution in [2.75, 3.05) is 12.4 Å². The number of nitrogens with zero attached hydrogens (tertiary/aromatic N) is 1. The minimum Gasteiger partial charge on any atom is -0.481 e. The number of hydrogen-bond donors (Lipinski definition) is 1. The Morgan fingerprint density at radius 2 is 2.36 bits per heavy atom. The van der Waals surface area contributed by atoms with Crippen molar-refractivity contribution in [3.05, 3.63) is 18.3 Å². The van der Waals surface area contributed by atoms with E-state index >= 15 is 0 Å². The molecule has 1 N–H and O–H groups in total. The lowest BCUT2D eigenvalue weighted by atomic mass is 10.2. The molecule has 1 unspecified atom stereocenters. The van der Waals surface area contributed by atoms with Crippen molar-refractivity contribution in [1.82, 2.24) is 4.98 Å². The third kappa shape index (κ3) is 3.24. The van der Waals surface area contributed by atoms with E-state index in [-0.39, 0.29) is 0 Å². The smallest absolute Gasteiger partial charge is 0.214 e. The summed E-state index contributed by atoms with van der Waals surface area (Å²) in [7, 11) is 1.63. The minimum absolute atomic E-state index is 0.493. The van der Waals surface area contributed by atoms with Gasteiger partial charge in [-0.3, -0.25) is 0 Å². The summed E-state index contributed by atoms with van der Waals surface area (Å²) < 4.78 is 5.05. The van der Waals surface area contributed by atoms with Crippen molar-refractivity contribution in [3.63, 3.8) is 0 Å². The lowest BCUT2D eigenvalue weighted by Crippen LogP contribution is -2.14. The number of ether oxygens (including phenoxy) is 1. The average Bonchev–Trinajstić information content (AvgIpc) is 2.18. The lowest BCUT2D eigenvalue weighted by Gasteiger charge is -2.14. The second kappa shape index (κ2) is 5.47. The van der Waals surface area contributed by atoms with E-state index in [0.717, 1.165) is 5.69 Å². The van der Waals surface area contributed by atoms with E-state index in [1.54, 1.807) is 13.3 Å². The molecule has 0 spiro atoms. The van der Waals surface area contributed by atoms with Crippen LogP contribution in [0, 0.1) is 0 Å². The summed E-state index contributed by atoms with van der Waals surface area (Å²) in [5.74, 6) is 0.652. The van der Waals surface area contributed by atoms with Crippen LogP contribution in [0.3, 0.4) is 0 Å². The van der Waals surface area contributed by atoms with Gasteiger partial charge >= 0.3 is 0 Å². The van der Waals surface area contributed by atoms with Crippen molar-refractivity contribution in [1.29, 1.82) is 0 Å². The average molecular weight is 194 g/mol. The number of aromatic nitrogens is 1. The Morgan fingerprint density at radius 3 is 3.00 bits per heavy atom. The molecule has 0 amide bonds. The molecule has 0 aromatic carbocycles. The molecular formula is C11H18N2O. The van der Waals surface area contributed by atoms with E-state index < -0.39 is 0 Å². The molecule has 78 valence electrons. The summed E-state index contributed by atoms with van der Waals surface area (Å²) >= 11 is 0. The summed E-state index contributed by atoms with van der Waals surface area (Å²) in [4.78, 5) is 4.05. The number of anilines is 1. The summed E-state index contributed by atoms with van der Waals surface area (Å²) in [6, 6.07) is 4.35. The van der Waals surface area contributed by atoms with Crippen LogP contribution in [-0.2, 0) is 0 Å². The SMILES string of the molecule is CCCC(C)Nc1ccnc(OC)c1. The maximum absolute atomic E-state index is 5.05. The third-order valence-corrected chi connectivity index (χ3v) is 2.08. The number of methoxy groups -OCH3 is 1. The van der Waals surface area contributed by atoms with Gasteiger partial charge in [0.15, 0.2) is 0 Å². The van der Waals surface area contributed by atoms with Crippen molar-refractivity contribution in [2.45, 2.75) is 32.7 Å². The number of nitrogens with one attached hydrogen (secondary N) is 1. The van der Waals surface area contributed by atoms with Crippen LogP contribution in [0.1, 0.15) is 26.7 Å². The summed E-state index contributed by atoms with van der Waals surface area (Å²) in [6.45, 7) is 4.36. The molecule has 1 aromatic rings. The van der Waals surface area contributed by atoms with E-state index in [1.165, 1.54) is 12.8 Å². The quantitative estimate of drug-likeness (QED) is 0.782. The van der Waals surface area contributed by atoms with Gasteiger partial charge in [-0.15, -0.1) is 0 Å². The fourth-order valence-corrected chi connectivity index (χ4v) is 1.40. The van der Waals surface area contributed by atoms with Crippen molar-refractivity contribution in [3.8, 4) is 5.88 Å². The van der Waals surface area contributed by atoms with Crippen LogP contribution in [0.4, 0.5) is 5.69 Å². The molecule has 0 fully saturated rings. The third-order valence-electron chi connectivity index (χ3n) is 2.08. The van der Waals surface area contributed by atoms with Crippen LogP contribution >= 0.6 is 0 Å². The first kappa shape index (κ1) is 10.8. The zero-order chi connectivity index (χ0) is 10.4. The Morgan fingerprint density at radius 1 is 1.57 bits per heavy atom. The van der Waals surface area contributed by atoms with Gasteiger partial charge in [-0.25, -0.2) is 4.98 Å². The Kier molecular flexibility index (Phi) is 4.23. The monoisotopic (exact) mass is 194 g/mol. The molecule has 0 saturated carbocycles. The molecule has 1 atom stereocenters. The van der Waals surface area contributed by atoms with Crippen molar-refractivity contribution >= 4 is 5.69 Å². The molecule has 0 radical (unpaired) electrons. The van der Waals surface area contributed by atoms with Crippen molar-refractivity contribution in [2.24, 2.45) is 0 Å². The van der Waals surface area contributed by atoms with Crippen LogP contribution in [0.5, 0.6) is 5.88 Å². The highest BCUT2D eigenvalue weighted by Crippen LogP contribution is 2.15. The molecule has 0 saturated heterocycles. The number of pyridine rings is 1. The zero-order valence-electron chi connectivity index (χ0n) is 9.08. The first-order valence-corrected chi connectivity index (χ1v) is 5.02. The number of rotatable bonds is 5. The highest BCUT2D eigenvalue weighted by atomic mass is 16.5. The highest BCUT2D eigenvalue weighted by Gasteiger charge is 2.01. The Hall–Kier alpha value is -1.25. The highest BCUT2D eigenvalue weighted by molar-refractivity contribution is 5.45. The number of hydrogen-bond acceptors (Lipinski definition) is 3. The predicted octanol–water partition coefficient (Wildman–Crippen LogP) is 2.69. The van der Waals surface area contributed by atoms with Crippen LogP contribution < -0.4 is 10.1 Å². The van der Waals surface area contributed by atoms with Crippen LogP contribution in [0.15, 0.2) is 18.3 Å². The van der Waals surface area contributed by atoms with Gasteiger partial charge in [-0.1, -0.05) is 13.3 Å². The van der Waals surface area contributed by atoms with E-state index in [2.05, 4.69) is 24.1 Å². The van der Waals surface area contributed by atoms with Crippen LogP contribution in [-0.4, -0.2) is 18.1 Å². The zero-order valence-corrected chi connectivity index (χ0v) is 9.08. The standard InChI is InChI=1S/C11H18N2O/c1-4-5-9(2)13-10-6-7-12-11(8-10)14-3/h6-9H,4-5H2,1-3H3,(H,12,13). The molecule has 0 aliphatic rings. The van der Waals surface area contributed by atoms with E-state index in [1.807, 2.05) is 12.1 Å². The molecule has 1 rings (SSSR count).